The van der Waals surface area contributed by atoms with Crippen LogP contribution in [0.15, 0.2) is 0 Å². The van der Waals surface area contributed by atoms with E-state index < -0.39 is 14.2 Å². The van der Waals surface area contributed by atoms with Crippen LogP contribution in [0.1, 0.15) is 19.8 Å². The molecule has 0 spiro atoms. The van der Waals surface area contributed by atoms with E-state index in [1.807, 2.05) is 6.92 Å². The van der Waals surface area contributed by atoms with Crippen LogP contribution in [0.3, 0.4) is 0 Å². The summed E-state index contributed by atoms with van der Waals surface area (Å²) in [5, 5.41) is 0.0250. The first kappa shape index (κ1) is 10.6. The molecule has 0 heterocycles. The molecule has 0 saturated carbocycles. The Bertz CT molecular complexity index is 131. The van der Waals surface area contributed by atoms with Gasteiger partial charge in [-0.1, -0.05) is 0 Å². The Hall–Kier alpha value is 0.568. The van der Waals surface area contributed by atoms with Crippen molar-refractivity contribution in [2.24, 2.45) is 0 Å². The third-order valence-electron chi connectivity index (χ3n) is 1.05. The van der Waals surface area contributed by atoms with Crippen LogP contribution in [0, 0.1) is 0 Å². The van der Waals surface area contributed by atoms with Gasteiger partial charge in [-0.15, -0.1) is 0 Å². The van der Waals surface area contributed by atoms with Crippen LogP contribution < -0.4 is 0 Å². The zero-order valence-electron chi connectivity index (χ0n) is 5.83. The standard InChI is InChI=1S/C5H12AsClO3/c1-5(7)3-2-4-6(8,9)10/h5H,2-4H2,1H3,(H2,8,9,10). The van der Waals surface area contributed by atoms with E-state index in [0.29, 0.717) is 12.8 Å². The SMILES string of the molecule is CC(Cl)CCC[As](=O)(O)O. The maximum absolute atomic E-state index is 10.3. The molecule has 0 fully saturated rings. The van der Waals surface area contributed by atoms with Crippen LogP contribution in [0.5, 0.6) is 0 Å². The van der Waals surface area contributed by atoms with Gasteiger partial charge in [-0.3, -0.25) is 0 Å². The predicted molar refractivity (Wildman–Crippen MR) is 40.2 cm³/mol. The zero-order chi connectivity index (χ0) is 8.20. The van der Waals surface area contributed by atoms with Gasteiger partial charge in [-0.05, 0) is 0 Å². The summed E-state index contributed by atoms with van der Waals surface area (Å²) in [6.45, 7) is 1.81. The van der Waals surface area contributed by atoms with Crippen molar-refractivity contribution in [1.29, 1.82) is 0 Å². The van der Waals surface area contributed by atoms with E-state index in [1.54, 1.807) is 0 Å². The van der Waals surface area contributed by atoms with E-state index in [-0.39, 0.29) is 10.6 Å². The normalized spacial score (nSPS) is 15.2. The predicted octanol–water partition coefficient (Wildman–Crippen LogP) is 0.748. The Morgan fingerprint density at radius 3 is 2.40 bits per heavy atom. The molecule has 2 N–H and O–H groups in total. The average Bonchev–Trinajstić information content (AvgIpc) is 1.59. The van der Waals surface area contributed by atoms with Crippen molar-refractivity contribution < 1.29 is 11.9 Å². The van der Waals surface area contributed by atoms with Gasteiger partial charge in [0.2, 0.25) is 0 Å². The van der Waals surface area contributed by atoms with Crippen molar-refractivity contribution in [3.8, 4) is 0 Å². The minimum absolute atomic E-state index is 0.00924. The van der Waals surface area contributed by atoms with E-state index >= 15 is 0 Å². The summed E-state index contributed by atoms with van der Waals surface area (Å²) in [5.74, 6) is 0. The van der Waals surface area contributed by atoms with Crippen molar-refractivity contribution in [3.63, 3.8) is 0 Å². The van der Waals surface area contributed by atoms with Gasteiger partial charge in [0.1, 0.15) is 0 Å². The molecule has 0 aromatic heterocycles. The second-order valence-electron chi connectivity index (χ2n) is 2.31. The van der Waals surface area contributed by atoms with Gasteiger partial charge in [-0.2, -0.15) is 0 Å². The average molecular weight is 231 g/mol. The van der Waals surface area contributed by atoms with Crippen LogP contribution in [-0.2, 0) is 3.74 Å². The summed E-state index contributed by atoms with van der Waals surface area (Å²) >= 11 is 1.23. The number of hydrogen-bond donors (Lipinski definition) is 2. The van der Waals surface area contributed by atoms with Crippen LogP contribution >= 0.6 is 11.6 Å². The number of halogens is 1. The fourth-order valence-electron chi connectivity index (χ4n) is 0.579. The van der Waals surface area contributed by atoms with Gasteiger partial charge in [-0.25, -0.2) is 0 Å². The molecule has 0 rings (SSSR count). The number of rotatable bonds is 4. The zero-order valence-corrected chi connectivity index (χ0v) is 8.46. The fraction of sp³-hybridized carbons (Fsp3) is 1.00. The first-order chi connectivity index (χ1) is 4.42. The molecule has 1 unspecified atom stereocenters. The molecule has 0 amide bonds. The summed E-state index contributed by atoms with van der Waals surface area (Å²) < 4.78 is 27.2. The summed E-state index contributed by atoms with van der Waals surface area (Å²) in [7, 11) is 0. The second-order valence-corrected chi connectivity index (χ2v) is 6.78. The summed E-state index contributed by atoms with van der Waals surface area (Å²) in [5.41, 5.74) is 0. The van der Waals surface area contributed by atoms with Crippen molar-refractivity contribution in [2.75, 3.05) is 0 Å². The molecule has 0 radical (unpaired) electrons. The van der Waals surface area contributed by atoms with Crippen molar-refractivity contribution >= 4 is 25.8 Å². The van der Waals surface area contributed by atoms with Crippen molar-refractivity contribution in [1.82, 2.24) is 0 Å². The van der Waals surface area contributed by atoms with Gasteiger partial charge < -0.3 is 0 Å². The monoisotopic (exact) mass is 230 g/mol. The molecule has 0 aromatic carbocycles. The fourth-order valence-corrected chi connectivity index (χ4v) is 1.98. The van der Waals surface area contributed by atoms with E-state index in [1.165, 1.54) is 0 Å². The molecule has 5 heteroatoms. The van der Waals surface area contributed by atoms with E-state index in [9.17, 15) is 3.74 Å². The molecule has 0 bridgehead atoms. The van der Waals surface area contributed by atoms with Gasteiger partial charge in [0.05, 0.1) is 0 Å². The maximum atomic E-state index is 10.3. The molecule has 1 atom stereocenters. The number of alkyl halides is 1. The molecule has 0 saturated heterocycles. The van der Waals surface area contributed by atoms with Gasteiger partial charge in [0, 0.05) is 0 Å². The third-order valence-corrected chi connectivity index (χ3v) is 3.16. The Kier molecular flexibility index (Phi) is 4.70. The quantitative estimate of drug-likeness (QED) is 0.553. The van der Waals surface area contributed by atoms with Crippen LogP contribution in [0.4, 0.5) is 0 Å². The summed E-state index contributed by atoms with van der Waals surface area (Å²) in [6.07, 6.45) is 1.20. The minimum atomic E-state index is -4.33. The number of hydrogen-bond acceptors (Lipinski definition) is 1. The van der Waals surface area contributed by atoms with E-state index in [4.69, 9.17) is 19.8 Å². The molecule has 0 aromatic rings. The summed E-state index contributed by atoms with van der Waals surface area (Å²) in [4.78, 5) is 0. The first-order valence-corrected chi connectivity index (χ1v) is 7.31. The van der Waals surface area contributed by atoms with Gasteiger partial charge in [0.15, 0.2) is 0 Å². The van der Waals surface area contributed by atoms with Gasteiger partial charge in [0.25, 0.3) is 0 Å². The third kappa shape index (κ3) is 8.57. The molecular weight excluding hydrogens is 218 g/mol. The molecule has 3 nitrogen and oxygen atoms in total. The molecule has 0 aliphatic rings. The molecule has 0 aliphatic heterocycles. The first-order valence-electron chi connectivity index (χ1n) is 3.10. The molecule has 10 heavy (non-hydrogen) atoms. The summed E-state index contributed by atoms with van der Waals surface area (Å²) in [6, 6.07) is 0. The molecular formula is C5H12AsClO3. The Morgan fingerprint density at radius 1 is 1.60 bits per heavy atom. The van der Waals surface area contributed by atoms with E-state index in [2.05, 4.69) is 0 Å². The van der Waals surface area contributed by atoms with Crippen LogP contribution in [0.25, 0.3) is 0 Å². The van der Waals surface area contributed by atoms with Crippen LogP contribution in [0.2, 0.25) is 5.21 Å². The molecule has 62 valence electrons. The van der Waals surface area contributed by atoms with E-state index in [0.717, 1.165) is 0 Å². The van der Waals surface area contributed by atoms with Crippen molar-refractivity contribution in [2.45, 2.75) is 30.4 Å². The second kappa shape index (κ2) is 4.45. The molecule has 0 aliphatic carbocycles. The van der Waals surface area contributed by atoms with Crippen molar-refractivity contribution in [3.05, 3.63) is 0 Å². The Balaban J connectivity index is 3.30. The van der Waals surface area contributed by atoms with Gasteiger partial charge >= 0.3 is 68.1 Å². The Morgan fingerprint density at radius 2 is 2.10 bits per heavy atom. The topological polar surface area (TPSA) is 57.5 Å². The Labute approximate surface area is 68.4 Å². The van der Waals surface area contributed by atoms with Crippen LogP contribution in [-0.4, -0.2) is 27.7 Å².